The largest absolute Gasteiger partial charge is 0.497 e. The van der Waals surface area contributed by atoms with E-state index in [1.807, 2.05) is 48.5 Å². The molecule has 1 aliphatic rings. The van der Waals surface area contributed by atoms with E-state index in [0.29, 0.717) is 5.82 Å². The van der Waals surface area contributed by atoms with Gasteiger partial charge in [-0.25, -0.2) is 0 Å². The lowest BCUT2D eigenvalue weighted by atomic mass is 10.2. The van der Waals surface area contributed by atoms with E-state index in [9.17, 15) is 4.79 Å². The Bertz CT molecular complexity index is 950. The zero-order chi connectivity index (χ0) is 20.1. The predicted molar refractivity (Wildman–Crippen MR) is 114 cm³/mol. The van der Waals surface area contributed by atoms with Crippen molar-refractivity contribution in [3.05, 3.63) is 66.4 Å². The number of methoxy groups -OCH3 is 1. The molecule has 0 unspecified atom stereocenters. The van der Waals surface area contributed by atoms with Gasteiger partial charge in [0.2, 0.25) is 0 Å². The standard InChI is InChI=1S/C22H23N5O2/c1-29-19-10-6-16(7-11-19)23-21-13-12-20(25-26-21)22(28)24-17-4-8-18(9-5-17)27-14-2-3-15-27/h4-13H,2-3,14-15H2,1H3,(H,23,26)(H,24,28). The summed E-state index contributed by atoms with van der Waals surface area (Å²) in [5.41, 5.74) is 3.04. The summed E-state index contributed by atoms with van der Waals surface area (Å²) in [5, 5.41) is 14.1. The summed E-state index contributed by atoms with van der Waals surface area (Å²) in [6.45, 7) is 2.19. The maximum absolute atomic E-state index is 12.4. The fourth-order valence-electron chi connectivity index (χ4n) is 3.27. The Hall–Kier alpha value is -3.61. The summed E-state index contributed by atoms with van der Waals surface area (Å²) < 4.78 is 5.14. The molecule has 2 aromatic carbocycles. The topological polar surface area (TPSA) is 79.4 Å². The molecule has 0 spiro atoms. The zero-order valence-electron chi connectivity index (χ0n) is 16.3. The van der Waals surface area contributed by atoms with Gasteiger partial charge in [-0.2, -0.15) is 0 Å². The van der Waals surface area contributed by atoms with E-state index in [-0.39, 0.29) is 11.6 Å². The maximum Gasteiger partial charge on any atom is 0.276 e. The molecule has 2 heterocycles. The van der Waals surface area contributed by atoms with Crippen LogP contribution in [0.2, 0.25) is 0 Å². The number of carbonyl (C=O) groups is 1. The Morgan fingerprint density at radius 2 is 1.59 bits per heavy atom. The number of nitrogens with zero attached hydrogens (tertiary/aromatic N) is 3. The van der Waals surface area contributed by atoms with Crippen molar-refractivity contribution >= 4 is 28.8 Å². The smallest absolute Gasteiger partial charge is 0.276 e. The molecule has 0 aliphatic carbocycles. The number of nitrogens with one attached hydrogen (secondary N) is 2. The van der Waals surface area contributed by atoms with Gasteiger partial charge in [0.15, 0.2) is 11.5 Å². The van der Waals surface area contributed by atoms with E-state index in [1.165, 1.54) is 18.5 Å². The molecule has 29 heavy (non-hydrogen) atoms. The number of rotatable bonds is 6. The van der Waals surface area contributed by atoms with Crippen molar-refractivity contribution in [3.8, 4) is 5.75 Å². The van der Waals surface area contributed by atoms with Crippen molar-refractivity contribution in [2.45, 2.75) is 12.8 Å². The molecule has 0 atom stereocenters. The van der Waals surface area contributed by atoms with Gasteiger partial charge in [-0.3, -0.25) is 4.79 Å². The highest BCUT2D eigenvalue weighted by Crippen LogP contribution is 2.22. The molecule has 3 aromatic rings. The number of amides is 1. The summed E-state index contributed by atoms with van der Waals surface area (Å²) in [6.07, 6.45) is 2.47. The molecule has 0 bridgehead atoms. The molecule has 1 saturated heterocycles. The van der Waals surface area contributed by atoms with Crippen LogP contribution in [0.3, 0.4) is 0 Å². The highest BCUT2D eigenvalue weighted by Gasteiger charge is 2.13. The minimum Gasteiger partial charge on any atom is -0.497 e. The molecule has 7 heteroatoms. The van der Waals surface area contributed by atoms with Crippen LogP contribution in [0, 0.1) is 0 Å². The van der Waals surface area contributed by atoms with Gasteiger partial charge in [0.25, 0.3) is 5.91 Å². The summed E-state index contributed by atoms with van der Waals surface area (Å²) >= 11 is 0. The normalized spacial score (nSPS) is 13.2. The van der Waals surface area contributed by atoms with Crippen molar-refractivity contribution < 1.29 is 9.53 Å². The SMILES string of the molecule is COc1ccc(Nc2ccc(C(=O)Nc3ccc(N4CCCC4)cc3)nn2)cc1. The second kappa shape index (κ2) is 8.60. The molecule has 4 rings (SSSR count). The van der Waals surface area contributed by atoms with Crippen LogP contribution in [0.1, 0.15) is 23.3 Å². The van der Waals surface area contributed by atoms with Gasteiger partial charge in [0, 0.05) is 30.2 Å². The van der Waals surface area contributed by atoms with Crippen LogP contribution in [0.25, 0.3) is 0 Å². The lowest BCUT2D eigenvalue weighted by molar-refractivity contribution is 0.102. The molecule has 1 aliphatic heterocycles. The minimum absolute atomic E-state index is 0.258. The van der Waals surface area contributed by atoms with E-state index in [1.54, 1.807) is 19.2 Å². The molecule has 0 saturated carbocycles. The Morgan fingerprint density at radius 3 is 2.21 bits per heavy atom. The van der Waals surface area contributed by atoms with Crippen LogP contribution in [-0.4, -0.2) is 36.3 Å². The molecule has 148 valence electrons. The van der Waals surface area contributed by atoms with Crippen molar-refractivity contribution in [2.24, 2.45) is 0 Å². The lowest BCUT2D eigenvalue weighted by Crippen LogP contribution is -2.18. The second-order valence-electron chi connectivity index (χ2n) is 6.85. The fraction of sp³-hybridized carbons (Fsp3) is 0.227. The van der Waals surface area contributed by atoms with Gasteiger partial charge < -0.3 is 20.3 Å². The number of hydrogen-bond acceptors (Lipinski definition) is 6. The molecule has 0 radical (unpaired) electrons. The number of ether oxygens (including phenoxy) is 1. The number of aromatic nitrogens is 2. The average Bonchev–Trinajstić information content (AvgIpc) is 3.30. The van der Waals surface area contributed by atoms with Crippen LogP contribution in [0.4, 0.5) is 22.9 Å². The van der Waals surface area contributed by atoms with Crippen molar-refractivity contribution in [1.29, 1.82) is 0 Å². The van der Waals surface area contributed by atoms with Crippen LogP contribution in [-0.2, 0) is 0 Å². The third kappa shape index (κ3) is 4.63. The van der Waals surface area contributed by atoms with E-state index < -0.39 is 0 Å². The highest BCUT2D eigenvalue weighted by atomic mass is 16.5. The van der Waals surface area contributed by atoms with Crippen molar-refractivity contribution in [3.63, 3.8) is 0 Å². The van der Waals surface area contributed by atoms with Gasteiger partial charge in [-0.1, -0.05) is 0 Å². The number of benzene rings is 2. The molecular weight excluding hydrogens is 366 g/mol. The van der Waals surface area contributed by atoms with E-state index >= 15 is 0 Å². The van der Waals surface area contributed by atoms with Crippen molar-refractivity contribution in [1.82, 2.24) is 10.2 Å². The molecule has 2 N–H and O–H groups in total. The summed E-state index contributed by atoms with van der Waals surface area (Å²) in [4.78, 5) is 14.8. The molecule has 1 amide bonds. The maximum atomic E-state index is 12.4. The van der Waals surface area contributed by atoms with Crippen LogP contribution >= 0.6 is 0 Å². The summed E-state index contributed by atoms with van der Waals surface area (Å²) in [6, 6.07) is 18.7. The second-order valence-corrected chi connectivity index (χ2v) is 6.85. The quantitative estimate of drug-likeness (QED) is 0.661. The van der Waals surface area contributed by atoms with Crippen LogP contribution < -0.4 is 20.3 Å². The van der Waals surface area contributed by atoms with Gasteiger partial charge in [-0.15, -0.1) is 10.2 Å². The van der Waals surface area contributed by atoms with Gasteiger partial charge in [-0.05, 0) is 73.5 Å². The van der Waals surface area contributed by atoms with E-state index in [4.69, 9.17) is 4.74 Å². The first-order valence-corrected chi connectivity index (χ1v) is 9.62. The predicted octanol–water partition coefficient (Wildman–Crippen LogP) is 4.08. The Morgan fingerprint density at radius 1 is 0.897 bits per heavy atom. The Labute approximate surface area is 169 Å². The van der Waals surface area contributed by atoms with Crippen LogP contribution in [0.15, 0.2) is 60.7 Å². The molecule has 1 fully saturated rings. The zero-order valence-corrected chi connectivity index (χ0v) is 16.3. The average molecular weight is 389 g/mol. The summed E-state index contributed by atoms with van der Waals surface area (Å²) in [5.74, 6) is 1.05. The lowest BCUT2D eigenvalue weighted by Gasteiger charge is -2.17. The van der Waals surface area contributed by atoms with E-state index in [0.717, 1.165) is 30.2 Å². The monoisotopic (exact) mass is 389 g/mol. The van der Waals surface area contributed by atoms with Gasteiger partial charge >= 0.3 is 0 Å². The molecule has 1 aromatic heterocycles. The minimum atomic E-state index is -0.289. The van der Waals surface area contributed by atoms with E-state index in [2.05, 4.69) is 25.7 Å². The molecular formula is C22H23N5O2. The van der Waals surface area contributed by atoms with Gasteiger partial charge in [0.05, 0.1) is 7.11 Å². The fourth-order valence-corrected chi connectivity index (χ4v) is 3.27. The summed E-state index contributed by atoms with van der Waals surface area (Å²) in [7, 11) is 1.62. The number of hydrogen-bond donors (Lipinski definition) is 2. The number of carbonyl (C=O) groups excluding carboxylic acids is 1. The van der Waals surface area contributed by atoms with Gasteiger partial charge in [0.1, 0.15) is 5.75 Å². The van der Waals surface area contributed by atoms with Crippen molar-refractivity contribution in [2.75, 3.05) is 35.7 Å². The number of anilines is 4. The van der Waals surface area contributed by atoms with Crippen LogP contribution in [0.5, 0.6) is 5.75 Å². The first-order valence-electron chi connectivity index (χ1n) is 9.62. The first kappa shape index (κ1) is 18.7. The third-order valence-electron chi connectivity index (χ3n) is 4.86. The Balaban J connectivity index is 1.36. The first-order chi connectivity index (χ1) is 14.2. The third-order valence-corrected chi connectivity index (χ3v) is 4.86. The molecule has 7 nitrogen and oxygen atoms in total. The highest BCUT2D eigenvalue weighted by molar-refractivity contribution is 6.02. The Kier molecular flexibility index (Phi) is 5.56.